The summed E-state index contributed by atoms with van der Waals surface area (Å²) in [6, 6.07) is 8.48. The lowest BCUT2D eigenvalue weighted by Crippen LogP contribution is -2.45. The van der Waals surface area contributed by atoms with E-state index in [2.05, 4.69) is 15.2 Å². The average molecular weight is 659 g/mol. The first-order chi connectivity index (χ1) is 21.3. The number of hydrogen-bond acceptors (Lipinski definition) is 9. The number of carbonyl (C=O) groups is 2. The number of fused-ring (bicyclic) bond motifs is 5. The molecule has 3 heterocycles. The number of rotatable bonds is 4. The average Bonchev–Trinajstić information content (AvgIpc) is 3.42. The third-order valence-corrected chi connectivity index (χ3v) is 6.87. The Labute approximate surface area is 260 Å². The summed E-state index contributed by atoms with van der Waals surface area (Å²) in [5.41, 5.74) is -6.50. The Morgan fingerprint density at radius 1 is 1.09 bits per heavy atom. The standard InChI is InChI=1S/C30H32F6N4O6/c1-17-14-19(41)12-9-13-28(30(34,35)36,43-16-18-10-7-6-8-11-18)25-39-38-24(45-25)22-21(40(5)26(42)46-27(2,3)4)15-20(29(31,32)33)23(37-22)44-17/h6-8,10-11,15,17H,9,12-14,16H2,1-5H3/t17-,28?/m1/s1. The van der Waals surface area contributed by atoms with E-state index < -0.39 is 95.6 Å². The van der Waals surface area contributed by atoms with E-state index >= 15 is 13.2 Å². The number of carbonyl (C=O) groups excluding carboxylic acids is 2. The summed E-state index contributed by atoms with van der Waals surface area (Å²) < 4.78 is 110. The van der Waals surface area contributed by atoms with Gasteiger partial charge in [0.2, 0.25) is 11.5 Å². The fourth-order valence-electron chi connectivity index (χ4n) is 4.66. The van der Waals surface area contributed by atoms with Crippen molar-refractivity contribution in [3.05, 3.63) is 53.4 Å². The van der Waals surface area contributed by atoms with Crippen LogP contribution in [0.2, 0.25) is 0 Å². The zero-order valence-electron chi connectivity index (χ0n) is 25.6. The molecule has 2 aromatic heterocycles. The summed E-state index contributed by atoms with van der Waals surface area (Å²) in [5, 5.41) is 7.33. The van der Waals surface area contributed by atoms with Crippen LogP contribution in [0.5, 0.6) is 5.88 Å². The number of ketones is 1. The SMILES string of the molecule is C[C@@H]1CC(=O)CCCC(OCc2ccccc2)(C(F)(F)F)c2nnc(o2)-c2nc(c(C(F)(F)F)cc2N(C)C(=O)OC(C)(C)C)O1. The van der Waals surface area contributed by atoms with Gasteiger partial charge in [0.25, 0.3) is 11.8 Å². The van der Waals surface area contributed by atoms with Gasteiger partial charge in [-0.1, -0.05) is 30.3 Å². The minimum Gasteiger partial charge on any atom is -0.474 e. The highest BCUT2D eigenvalue weighted by Gasteiger charge is 2.61. The minimum atomic E-state index is -5.16. The largest absolute Gasteiger partial charge is 0.474 e. The van der Waals surface area contributed by atoms with E-state index in [0.29, 0.717) is 16.5 Å². The van der Waals surface area contributed by atoms with Gasteiger partial charge >= 0.3 is 18.4 Å². The number of amides is 1. The smallest absolute Gasteiger partial charge is 0.426 e. The molecule has 46 heavy (non-hydrogen) atoms. The summed E-state index contributed by atoms with van der Waals surface area (Å²) in [6.45, 7) is 5.36. The van der Waals surface area contributed by atoms with E-state index in [1.807, 2.05) is 0 Å². The van der Waals surface area contributed by atoms with Crippen LogP contribution >= 0.6 is 0 Å². The van der Waals surface area contributed by atoms with Crippen LogP contribution in [0.4, 0.5) is 36.8 Å². The number of aromatic nitrogens is 3. The molecule has 250 valence electrons. The van der Waals surface area contributed by atoms with Crippen molar-refractivity contribution < 1.29 is 54.6 Å². The highest BCUT2D eigenvalue weighted by Crippen LogP contribution is 2.48. The minimum absolute atomic E-state index is 0.346. The molecule has 0 fully saturated rings. The van der Waals surface area contributed by atoms with Crippen molar-refractivity contribution >= 4 is 17.6 Å². The van der Waals surface area contributed by atoms with Crippen LogP contribution < -0.4 is 9.64 Å². The molecule has 10 nitrogen and oxygen atoms in total. The molecular formula is C30H32F6N4O6. The Morgan fingerprint density at radius 3 is 2.37 bits per heavy atom. The lowest BCUT2D eigenvalue weighted by Gasteiger charge is -2.32. The highest BCUT2D eigenvalue weighted by atomic mass is 19.4. The monoisotopic (exact) mass is 658 g/mol. The molecule has 0 spiro atoms. The van der Waals surface area contributed by atoms with Gasteiger partial charge in [-0.05, 0) is 52.2 Å². The van der Waals surface area contributed by atoms with Crippen molar-refractivity contribution in [2.45, 2.75) is 89.6 Å². The Balaban J connectivity index is 1.95. The number of hydrogen-bond donors (Lipinski definition) is 0. The van der Waals surface area contributed by atoms with E-state index in [0.717, 1.165) is 7.05 Å². The maximum Gasteiger partial charge on any atom is 0.426 e. The summed E-state index contributed by atoms with van der Waals surface area (Å²) in [4.78, 5) is 30.3. The van der Waals surface area contributed by atoms with Gasteiger partial charge in [-0.25, -0.2) is 9.78 Å². The van der Waals surface area contributed by atoms with Gasteiger partial charge in [0, 0.05) is 19.9 Å². The number of anilines is 1. The topological polar surface area (TPSA) is 117 Å². The third-order valence-electron chi connectivity index (χ3n) is 6.87. The number of benzene rings is 1. The molecule has 4 bridgehead atoms. The van der Waals surface area contributed by atoms with E-state index in [1.54, 1.807) is 30.3 Å². The molecular weight excluding hydrogens is 626 g/mol. The van der Waals surface area contributed by atoms with Gasteiger partial charge in [0.15, 0.2) is 5.69 Å². The van der Waals surface area contributed by atoms with Crippen LogP contribution in [0, 0.1) is 0 Å². The molecule has 1 aliphatic heterocycles. The number of nitrogens with zero attached hydrogens (tertiary/aromatic N) is 4. The van der Waals surface area contributed by atoms with E-state index in [1.165, 1.54) is 27.7 Å². The Kier molecular flexibility index (Phi) is 9.71. The predicted molar refractivity (Wildman–Crippen MR) is 150 cm³/mol. The molecule has 1 unspecified atom stereocenters. The normalized spacial score (nSPS) is 19.6. The van der Waals surface area contributed by atoms with Crippen molar-refractivity contribution in [3.63, 3.8) is 0 Å². The second-order valence-corrected chi connectivity index (χ2v) is 11.8. The van der Waals surface area contributed by atoms with Crippen molar-refractivity contribution in [2.75, 3.05) is 11.9 Å². The Bertz CT molecular complexity index is 1550. The van der Waals surface area contributed by atoms with Crippen LogP contribution in [0.3, 0.4) is 0 Å². The first-order valence-corrected chi connectivity index (χ1v) is 14.2. The zero-order chi connectivity index (χ0) is 34.1. The third kappa shape index (κ3) is 7.77. The quantitative estimate of drug-likeness (QED) is 0.264. The molecule has 0 radical (unpaired) electrons. The summed E-state index contributed by atoms with van der Waals surface area (Å²) >= 11 is 0. The summed E-state index contributed by atoms with van der Waals surface area (Å²) in [6.07, 6.45) is -14.4. The van der Waals surface area contributed by atoms with Crippen molar-refractivity contribution in [1.82, 2.24) is 15.2 Å². The maximum absolute atomic E-state index is 15.0. The molecule has 1 aromatic carbocycles. The molecule has 0 aliphatic carbocycles. The maximum atomic E-state index is 15.0. The lowest BCUT2D eigenvalue weighted by atomic mass is 9.93. The predicted octanol–water partition coefficient (Wildman–Crippen LogP) is 7.41. The fourth-order valence-corrected chi connectivity index (χ4v) is 4.66. The second-order valence-electron chi connectivity index (χ2n) is 11.8. The number of pyridine rings is 1. The van der Waals surface area contributed by atoms with Crippen LogP contribution in [-0.4, -0.2) is 52.0 Å². The van der Waals surface area contributed by atoms with Crippen molar-refractivity contribution in [2.24, 2.45) is 0 Å². The molecule has 1 aliphatic rings. The summed E-state index contributed by atoms with van der Waals surface area (Å²) in [5.74, 6) is -3.40. The molecule has 0 saturated carbocycles. The summed E-state index contributed by atoms with van der Waals surface area (Å²) in [7, 11) is 1.08. The molecule has 4 rings (SSSR count). The Morgan fingerprint density at radius 2 is 1.76 bits per heavy atom. The van der Waals surface area contributed by atoms with Crippen molar-refractivity contribution in [3.8, 4) is 17.5 Å². The van der Waals surface area contributed by atoms with E-state index in [4.69, 9.17) is 18.6 Å². The van der Waals surface area contributed by atoms with Gasteiger partial charge in [0.05, 0.1) is 12.3 Å². The van der Waals surface area contributed by atoms with Gasteiger partial charge in [-0.15, -0.1) is 10.2 Å². The first-order valence-electron chi connectivity index (χ1n) is 14.2. The zero-order valence-corrected chi connectivity index (χ0v) is 25.6. The van der Waals surface area contributed by atoms with E-state index in [9.17, 15) is 22.8 Å². The van der Waals surface area contributed by atoms with Crippen LogP contribution in [0.15, 0.2) is 40.8 Å². The van der Waals surface area contributed by atoms with Crippen LogP contribution in [0.25, 0.3) is 11.6 Å². The molecule has 0 N–H and O–H groups in total. The number of Topliss-reactive ketones (excluding diaryl/α,β-unsaturated/α-hetero) is 1. The number of alkyl halides is 6. The molecule has 0 saturated heterocycles. The van der Waals surface area contributed by atoms with Crippen LogP contribution in [-0.2, 0) is 32.7 Å². The molecule has 3 aromatic rings. The van der Waals surface area contributed by atoms with E-state index in [-0.39, 0.29) is 12.8 Å². The second kappa shape index (κ2) is 12.9. The van der Waals surface area contributed by atoms with Gasteiger partial charge < -0.3 is 18.6 Å². The fraction of sp³-hybridized carbons (Fsp3) is 0.500. The van der Waals surface area contributed by atoms with Gasteiger partial charge in [-0.2, -0.15) is 26.3 Å². The van der Waals surface area contributed by atoms with Crippen molar-refractivity contribution in [1.29, 1.82) is 0 Å². The van der Waals surface area contributed by atoms with Gasteiger partial charge in [-0.3, -0.25) is 9.69 Å². The highest BCUT2D eigenvalue weighted by molar-refractivity contribution is 5.92. The first kappa shape index (κ1) is 34.7. The molecule has 2 atom stereocenters. The molecule has 16 heteroatoms. The van der Waals surface area contributed by atoms with Crippen LogP contribution in [0.1, 0.15) is 70.4 Å². The number of halogens is 6. The Hall–Kier alpha value is -4.21. The number of ether oxygens (including phenoxy) is 3. The lowest BCUT2D eigenvalue weighted by molar-refractivity contribution is -0.300. The van der Waals surface area contributed by atoms with Gasteiger partial charge in [0.1, 0.15) is 23.1 Å². The molecule has 1 amide bonds.